The molecule has 0 unspecified atom stereocenters. The van der Waals surface area contributed by atoms with Crippen molar-refractivity contribution >= 4 is 17.4 Å². The van der Waals surface area contributed by atoms with E-state index in [0.29, 0.717) is 10.8 Å². The van der Waals surface area contributed by atoms with Crippen LogP contribution in [-0.2, 0) is 6.42 Å². The lowest BCUT2D eigenvalue weighted by Crippen LogP contribution is -2.21. The van der Waals surface area contributed by atoms with Crippen LogP contribution in [-0.4, -0.2) is 23.6 Å². The minimum Gasteiger partial charge on any atom is -0.358 e. The van der Waals surface area contributed by atoms with E-state index in [2.05, 4.69) is 9.97 Å². The van der Waals surface area contributed by atoms with Crippen molar-refractivity contribution in [3.05, 3.63) is 53.2 Å². The lowest BCUT2D eigenvalue weighted by atomic mass is 10.1. The topological polar surface area (TPSA) is 29.0 Å². The smallest absolute Gasteiger partial charge is 0.150 e. The second-order valence-corrected chi connectivity index (χ2v) is 4.40. The Balaban J connectivity index is 1.98. The maximum absolute atomic E-state index is 12.8. The van der Waals surface area contributed by atoms with Crippen molar-refractivity contribution in [3.8, 4) is 0 Å². The van der Waals surface area contributed by atoms with E-state index >= 15 is 0 Å². The Hall–Kier alpha value is -1.68. The van der Waals surface area contributed by atoms with Gasteiger partial charge in [-0.05, 0) is 24.1 Å². The Kier molecular flexibility index (Phi) is 4.10. The van der Waals surface area contributed by atoms with Crippen LogP contribution >= 0.6 is 11.6 Å². The van der Waals surface area contributed by atoms with Gasteiger partial charge in [-0.15, -0.1) is 0 Å². The number of likely N-dealkylation sites (N-methyl/N-ethyl adjacent to an activating group) is 1. The van der Waals surface area contributed by atoms with Crippen LogP contribution in [0, 0.1) is 5.82 Å². The molecule has 18 heavy (non-hydrogen) atoms. The fraction of sp³-hybridized carbons (Fsp3) is 0.231. The van der Waals surface area contributed by atoms with Crippen molar-refractivity contribution < 1.29 is 4.39 Å². The zero-order chi connectivity index (χ0) is 13.0. The molecular formula is C13H13ClFN3. The van der Waals surface area contributed by atoms with Crippen LogP contribution in [0.4, 0.5) is 10.2 Å². The Labute approximate surface area is 110 Å². The zero-order valence-electron chi connectivity index (χ0n) is 9.98. The summed E-state index contributed by atoms with van der Waals surface area (Å²) in [5.74, 6) is 0.486. The van der Waals surface area contributed by atoms with E-state index in [4.69, 9.17) is 11.6 Å². The van der Waals surface area contributed by atoms with E-state index < -0.39 is 0 Å². The van der Waals surface area contributed by atoms with Crippen molar-refractivity contribution in [1.29, 1.82) is 0 Å². The van der Waals surface area contributed by atoms with Gasteiger partial charge in [0.05, 0.1) is 6.20 Å². The van der Waals surface area contributed by atoms with Gasteiger partial charge in [0.15, 0.2) is 5.82 Å². The Morgan fingerprint density at radius 1 is 1.28 bits per heavy atom. The second kappa shape index (κ2) is 5.78. The number of benzene rings is 1. The minimum atomic E-state index is -0.217. The molecule has 0 aliphatic heterocycles. The first-order chi connectivity index (χ1) is 8.66. The maximum Gasteiger partial charge on any atom is 0.150 e. The lowest BCUT2D eigenvalue weighted by molar-refractivity contribution is 0.627. The first kappa shape index (κ1) is 12.8. The van der Waals surface area contributed by atoms with E-state index in [-0.39, 0.29) is 5.82 Å². The van der Waals surface area contributed by atoms with Gasteiger partial charge in [-0.25, -0.2) is 14.4 Å². The maximum atomic E-state index is 12.8. The highest BCUT2D eigenvalue weighted by atomic mass is 35.5. The van der Waals surface area contributed by atoms with Crippen LogP contribution in [0.25, 0.3) is 0 Å². The standard InChI is InChI=1S/C13H13ClFN3/c1-18(13-12(14)8-16-9-17-13)7-6-10-2-4-11(15)5-3-10/h2-5,8-9H,6-7H2,1H3. The summed E-state index contributed by atoms with van der Waals surface area (Å²) in [6, 6.07) is 6.50. The van der Waals surface area contributed by atoms with Gasteiger partial charge >= 0.3 is 0 Å². The van der Waals surface area contributed by atoms with Crippen LogP contribution in [0.15, 0.2) is 36.8 Å². The first-order valence-corrected chi connectivity index (χ1v) is 5.95. The molecule has 1 aromatic carbocycles. The number of hydrogen-bond acceptors (Lipinski definition) is 3. The van der Waals surface area contributed by atoms with Gasteiger partial charge in [-0.2, -0.15) is 0 Å². The van der Waals surface area contributed by atoms with Gasteiger partial charge in [0, 0.05) is 13.6 Å². The van der Waals surface area contributed by atoms with E-state index in [1.807, 2.05) is 11.9 Å². The number of halogens is 2. The molecule has 0 spiro atoms. The number of nitrogens with zero attached hydrogens (tertiary/aromatic N) is 3. The van der Waals surface area contributed by atoms with Crippen LogP contribution in [0.3, 0.4) is 0 Å². The Morgan fingerprint density at radius 3 is 2.67 bits per heavy atom. The third kappa shape index (κ3) is 3.17. The molecule has 0 aliphatic rings. The number of hydrogen-bond donors (Lipinski definition) is 0. The molecule has 0 radical (unpaired) electrons. The summed E-state index contributed by atoms with van der Waals surface area (Å²) in [7, 11) is 1.91. The minimum absolute atomic E-state index is 0.217. The molecule has 0 fully saturated rings. The van der Waals surface area contributed by atoms with Crippen molar-refractivity contribution in [2.45, 2.75) is 6.42 Å². The quantitative estimate of drug-likeness (QED) is 0.851. The zero-order valence-corrected chi connectivity index (χ0v) is 10.7. The van der Waals surface area contributed by atoms with Crippen LogP contribution < -0.4 is 4.90 Å². The Bertz CT molecular complexity index is 516. The molecule has 3 nitrogen and oxygen atoms in total. The van der Waals surface area contributed by atoms with E-state index in [1.165, 1.54) is 18.5 Å². The molecule has 2 aromatic rings. The molecular weight excluding hydrogens is 253 g/mol. The first-order valence-electron chi connectivity index (χ1n) is 5.58. The molecule has 94 valence electrons. The van der Waals surface area contributed by atoms with E-state index in [0.717, 1.165) is 18.5 Å². The van der Waals surface area contributed by atoms with Crippen molar-refractivity contribution in [3.63, 3.8) is 0 Å². The average Bonchev–Trinajstić information content (AvgIpc) is 2.38. The van der Waals surface area contributed by atoms with Crippen molar-refractivity contribution in [2.75, 3.05) is 18.5 Å². The highest BCUT2D eigenvalue weighted by Gasteiger charge is 2.07. The van der Waals surface area contributed by atoms with E-state index in [1.54, 1.807) is 18.3 Å². The van der Waals surface area contributed by atoms with Gasteiger partial charge in [-0.1, -0.05) is 23.7 Å². The molecule has 2 rings (SSSR count). The summed E-state index contributed by atoms with van der Waals surface area (Å²) in [5.41, 5.74) is 1.08. The molecule has 0 amide bonds. The number of aromatic nitrogens is 2. The molecule has 0 saturated carbocycles. The average molecular weight is 266 g/mol. The van der Waals surface area contributed by atoms with Crippen LogP contribution in [0.5, 0.6) is 0 Å². The van der Waals surface area contributed by atoms with Gasteiger partial charge in [-0.3, -0.25) is 0 Å². The van der Waals surface area contributed by atoms with Gasteiger partial charge in [0.1, 0.15) is 17.2 Å². The number of rotatable bonds is 4. The summed E-state index contributed by atoms with van der Waals surface area (Å²) < 4.78 is 12.8. The normalized spacial score (nSPS) is 10.4. The van der Waals surface area contributed by atoms with Crippen molar-refractivity contribution in [1.82, 2.24) is 9.97 Å². The fourth-order valence-electron chi connectivity index (χ4n) is 1.64. The van der Waals surface area contributed by atoms with Gasteiger partial charge in [0.25, 0.3) is 0 Å². The predicted molar refractivity (Wildman–Crippen MR) is 70.4 cm³/mol. The van der Waals surface area contributed by atoms with Crippen LogP contribution in [0.2, 0.25) is 5.02 Å². The molecule has 0 saturated heterocycles. The largest absolute Gasteiger partial charge is 0.358 e. The summed E-state index contributed by atoms with van der Waals surface area (Å²) >= 11 is 6.01. The Morgan fingerprint density at radius 2 is 2.00 bits per heavy atom. The third-order valence-corrected chi connectivity index (χ3v) is 2.93. The molecule has 1 heterocycles. The molecule has 5 heteroatoms. The van der Waals surface area contributed by atoms with Gasteiger partial charge in [0.2, 0.25) is 0 Å². The summed E-state index contributed by atoms with van der Waals surface area (Å²) in [4.78, 5) is 9.92. The monoisotopic (exact) mass is 265 g/mol. The molecule has 0 bridgehead atoms. The van der Waals surface area contributed by atoms with Crippen LogP contribution in [0.1, 0.15) is 5.56 Å². The number of anilines is 1. The summed E-state index contributed by atoms with van der Waals surface area (Å²) in [5, 5.41) is 0.527. The SMILES string of the molecule is CN(CCc1ccc(F)cc1)c1ncncc1Cl. The fourth-order valence-corrected chi connectivity index (χ4v) is 1.89. The summed E-state index contributed by atoms with van der Waals surface area (Å²) in [6.45, 7) is 0.752. The summed E-state index contributed by atoms with van der Waals surface area (Å²) in [6.07, 6.45) is 3.84. The molecule has 0 atom stereocenters. The van der Waals surface area contributed by atoms with Gasteiger partial charge < -0.3 is 4.90 Å². The molecule has 0 N–H and O–H groups in total. The second-order valence-electron chi connectivity index (χ2n) is 3.99. The predicted octanol–water partition coefficient (Wildman–Crippen LogP) is 2.95. The highest BCUT2D eigenvalue weighted by molar-refractivity contribution is 6.32. The van der Waals surface area contributed by atoms with E-state index in [9.17, 15) is 4.39 Å². The molecule has 1 aromatic heterocycles. The third-order valence-electron chi connectivity index (χ3n) is 2.66. The van der Waals surface area contributed by atoms with Crippen molar-refractivity contribution in [2.24, 2.45) is 0 Å². The lowest BCUT2D eigenvalue weighted by Gasteiger charge is -2.18. The highest BCUT2D eigenvalue weighted by Crippen LogP contribution is 2.20. The molecule has 0 aliphatic carbocycles.